The number of hydrogen-bond acceptors (Lipinski definition) is 3. The van der Waals surface area contributed by atoms with Crippen LogP contribution in [0.4, 0.5) is 0 Å². The first kappa shape index (κ1) is 11.8. The molecule has 0 radical (unpaired) electrons. The van der Waals surface area contributed by atoms with Crippen LogP contribution < -0.4 is 5.32 Å². The zero-order valence-corrected chi connectivity index (χ0v) is 9.18. The summed E-state index contributed by atoms with van der Waals surface area (Å²) in [5, 5.41) is 3.33. The normalized spacial score (nSPS) is 20.4. The van der Waals surface area contributed by atoms with Crippen molar-refractivity contribution in [2.24, 2.45) is 5.41 Å². The summed E-state index contributed by atoms with van der Waals surface area (Å²) >= 11 is 5.81. The minimum absolute atomic E-state index is 0.302. The number of carbonyl (C=O) groups is 1. The van der Waals surface area contributed by atoms with Crippen molar-refractivity contribution in [3.63, 3.8) is 0 Å². The summed E-state index contributed by atoms with van der Waals surface area (Å²) in [5.74, 6) is 0.696. The van der Waals surface area contributed by atoms with E-state index in [1.54, 1.807) is 0 Å². The van der Waals surface area contributed by atoms with Crippen LogP contribution in [-0.2, 0) is 9.53 Å². The Morgan fingerprint density at radius 2 is 2.07 bits per heavy atom. The molecule has 0 spiro atoms. The molecule has 1 aliphatic rings. The number of piperidine rings is 1. The van der Waals surface area contributed by atoms with Crippen LogP contribution in [0.15, 0.2) is 0 Å². The Bertz CT molecular complexity index is 164. The van der Waals surface area contributed by atoms with Crippen molar-refractivity contribution in [2.45, 2.75) is 25.7 Å². The number of nitrogens with one attached hydrogen (secondary N) is 1. The SMILES string of the molecule is O=COCCC1(CCCl)CCNCC1. The number of alkyl halides is 1. The van der Waals surface area contributed by atoms with E-state index in [4.69, 9.17) is 16.3 Å². The van der Waals surface area contributed by atoms with Gasteiger partial charge >= 0.3 is 0 Å². The van der Waals surface area contributed by atoms with Crippen LogP contribution in [0.2, 0.25) is 0 Å². The largest absolute Gasteiger partial charge is 0.468 e. The molecule has 0 aliphatic carbocycles. The van der Waals surface area contributed by atoms with Crippen LogP contribution in [0.5, 0.6) is 0 Å². The maximum Gasteiger partial charge on any atom is 0.293 e. The fraction of sp³-hybridized carbons (Fsp3) is 0.900. The molecule has 0 bridgehead atoms. The third kappa shape index (κ3) is 3.46. The summed E-state index contributed by atoms with van der Waals surface area (Å²) in [6.07, 6.45) is 4.25. The first-order valence-electron chi connectivity index (χ1n) is 5.15. The van der Waals surface area contributed by atoms with Crippen LogP contribution in [0.25, 0.3) is 0 Å². The summed E-state index contributed by atoms with van der Waals surface area (Å²) in [6.45, 7) is 3.16. The molecule has 0 aromatic carbocycles. The van der Waals surface area contributed by atoms with Gasteiger partial charge in [0.15, 0.2) is 0 Å². The average Bonchev–Trinajstić information content (AvgIpc) is 2.20. The second-order valence-electron chi connectivity index (χ2n) is 3.91. The summed E-state index contributed by atoms with van der Waals surface area (Å²) < 4.78 is 4.76. The zero-order chi connectivity index (χ0) is 10.3. The molecule has 0 unspecified atom stereocenters. The van der Waals surface area contributed by atoms with Gasteiger partial charge in [0, 0.05) is 5.88 Å². The van der Waals surface area contributed by atoms with Gasteiger partial charge in [-0.05, 0) is 44.2 Å². The highest BCUT2D eigenvalue weighted by Crippen LogP contribution is 2.36. The van der Waals surface area contributed by atoms with Crippen LogP contribution in [-0.4, -0.2) is 32.0 Å². The van der Waals surface area contributed by atoms with E-state index in [1.807, 2.05) is 0 Å². The van der Waals surface area contributed by atoms with Gasteiger partial charge in [0.2, 0.25) is 0 Å². The van der Waals surface area contributed by atoms with Crippen molar-refractivity contribution in [3.05, 3.63) is 0 Å². The predicted molar refractivity (Wildman–Crippen MR) is 56.5 cm³/mol. The Morgan fingerprint density at radius 1 is 1.36 bits per heavy atom. The monoisotopic (exact) mass is 219 g/mol. The van der Waals surface area contributed by atoms with Gasteiger partial charge in [0.05, 0.1) is 6.61 Å². The van der Waals surface area contributed by atoms with E-state index in [0.29, 0.717) is 24.4 Å². The lowest BCUT2D eigenvalue weighted by Crippen LogP contribution is -2.37. The quantitative estimate of drug-likeness (QED) is 0.419. The van der Waals surface area contributed by atoms with Crippen LogP contribution >= 0.6 is 11.6 Å². The Balaban J connectivity index is 2.38. The van der Waals surface area contributed by atoms with Crippen molar-refractivity contribution < 1.29 is 9.53 Å². The highest BCUT2D eigenvalue weighted by Gasteiger charge is 2.30. The van der Waals surface area contributed by atoms with E-state index in [9.17, 15) is 4.79 Å². The third-order valence-corrected chi connectivity index (χ3v) is 3.30. The van der Waals surface area contributed by atoms with Crippen molar-refractivity contribution >= 4 is 18.1 Å². The second-order valence-corrected chi connectivity index (χ2v) is 4.28. The topological polar surface area (TPSA) is 38.3 Å². The smallest absolute Gasteiger partial charge is 0.293 e. The molecule has 4 heteroatoms. The van der Waals surface area contributed by atoms with Crippen molar-refractivity contribution in [1.82, 2.24) is 5.32 Å². The van der Waals surface area contributed by atoms with Crippen LogP contribution in [0.3, 0.4) is 0 Å². The average molecular weight is 220 g/mol. The Hall–Kier alpha value is -0.280. The highest BCUT2D eigenvalue weighted by atomic mass is 35.5. The summed E-state index contributed by atoms with van der Waals surface area (Å²) in [6, 6.07) is 0. The Morgan fingerprint density at radius 3 is 2.64 bits per heavy atom. The minimum atomic E-state index is 0.302. The van der Waals surface area contributed by atoms with E-state index in [1.165, 1.54) is 0 Å². The lowest BCUT2D eigenvalue weighted by molar-refractivity contribution is -0.129. The maximum atomic E-state index is 10.0. The van der Waals surface area contributed by atoms with Gasteiger partial charge in [-0.1, -0.05) is 0 Å². The Kier molecular flexibility index (Phi) is 5.26. The molecule has 3 nitrogen and oxygen atoms in total. The molecule has 0 amide bonds. The molecular formula is C10H18ClNO2. The molecule has 1 N–H and O–H groups in total. The highest BCUT2D eigenvalue weighted by molar-refractivity contribution is 6.17. The summed E-state index contributed by atoms with van der Waals surface area (Å²) in [7, 11) is 0. The molecule has 0 aromatic heterocycles. The molecule has 1 fully saturated rings. The second kappa shape index (κ2) is 6.25. The standard InChI is InChI=1S/C10H18ClNO2/c11-5-1-10(4-8-14-9-13)2-6-12-7-3-10/h9,12H,1-8H2. The lowest BCUT2D eigenvalue weighted by atomic mass is 9.74. The zero-order valence-electron chi connectivity index (χ0n) is 8.43. The fourth-order valence-electron chi connectivity index (χ4n) is 2.11. The van der Waals surface area contributed by atoms with Crippen molar-refractivity contribution in [2.75, 3.05) is 25.6 Å². The Labute approximate surface area is 90.1 Å². The van der Waals surface area contributed by atoms with Gasteiger partial charge in [0.25, 0.3) is 6.47 Å². The van der Waals surface area contributed by atoms with E-state index >= 15 is 0 Å². The molecule has 0 atom stereocenters. The number of halogens is 1. The number of hydrogen-bond donors (Lipinski definition) is 1. The van der Waals surface area contributed by atoms with E-state index < -0.39 is 0 Å². The molecule has 14 heavy (non-hydrogen) atoms. The van der Waals surface area contributed by atoms with Crippen molar-refractivity contribution in [1.29, 1.82) is 0 Å². The summed E-state index contributed by atoms with van der Waals surface area (Å²) in [4.78, 5) is 10.0. The first-order chi connectivity index (χ1) is 6.83. The van der Waals surface area contributed by atoms with Gasteiger partial charge in [-0.2, -0.15) is 0 Å². The molecular weight excluding hydrogens is 202 g/mol. The maximum absolute atomic E-state index is 10.0. The molecule has 1 aliphatic heterocycles. The number of ether oxygens (including phenoxy) is 1. The lowest BCUT2D eigenvalue weighted by Gasteiger charge is -2.37. The molecule has 1 saturated heterocycles. The minimum Gasteiger partial charge on any atom is -0.468 e. The van der Waals surface area contributed by atoms with E-state index in [0.717, 1.165) is 38.8 Å². The van der Waals surface area contributed by atoms with Gasteiger partial charge in [-0.3, -0.25) is 4.79 Å². The number of rotatable bonds is 6. The molecule has 1 heterocycles. The predicted octanol–water partition coefficient (Wildman–Crippen LogP) is 1.55. The third-order valence-electron chi connectivity index (χ3n) is 3.11. The number of carbonyl (C=O) groups excluding carboxylic acids is 1. The first-order valence-corrected chi connectivity index (χ1v) is 5.68. The van der Waals surface area contributed by atoms with Gasteiger partial charge < -0.3 is 10.1 Å². The van der Waals surface area contributed by atoms with Crippen molar-refractivity contribution in [3.8, 4) is 0 Å². The van der Waals surface area contributed by atoms with Crippen LogP contribution in [0.1, 0.15) is 25.7 Å². The molecule has 0 saturated carbocycles. The van der Waals surface area contributed by atoms with Gasteiger partial charge in [-0.15, -0.1) is 11.6 Å². The fourth-order valence-corrected chi connectivity index (χ4v) is 2.51. The molecule has 0 aromatic rings. The molecule has 1 rings (SSSR count). The molecule has 82 valence electrons. The van der Waals surface area contributed by atoms with Crippen LogP contribution in [0, 0.1) is 5.41 Å². The van der Waals surface area contributed by atoms with E-state index in [-0.39, 0.29) is 0 Å². The van der Waals surface area contributed by atoms with Gasteiger partial charge in [-0.25, -0.2) is 0 Å². The van der Waals surface area contributed by atoms with E-state index in [2.05, 4.69) is 5.32 Å². The summed E-state index contributed by atoms with van der Waals surface area (Å²) in [5.41, 5.74) is 0.302. The van der Waals surface area contributed by atoms with Gasteiger partial charge in [0.1, 0.15) is 0 Å².